The van der Waals surface area contributed by atoms with Crippen LogP contribution in [-0.2, 0) is 22.9 Å². The maximum atomic E-state index is 11.6. The fraction of sp³-hybridized carbons (Fsp3) is 0.308. The summed E-state index contributed by atoms with van der Waals surface area (Å²) >= 11 is 5.90. The number of nitrogens with zero attached hydrogens (tertiary/aromatic N) is 2. The van der Waals surface area contributed by atoms with Crippen LogP contribution in [0.5, 0.6) is 0 Å². The molecule has 20 heavy (non-hydrogen) atoms. The maximum absolute atomic E-state index is 11.6. The van der Waals surface area contributed by atoms with Gasteiger partial charge in [-0.25, -0.2) is 8.42 Å². The van der Waals surface area contributed by atoms with Gasteiger partial charge in [-0.05, 0) is 25.1 Å². The fourth-order valence-corrected chi connectivity index (χ4v) is 3.07. The van der Waals surface area contributed by atoms with Crippen LogP contribution in [-0.4, -0.2) is 24.5 Å². The van der Waals surface area contributed by atoms with Crippen LogP contribution in [0.4, 0.5) is 5.69 Å². The number of sulfone groups is 1. The van der Waals surface area contributed by atoms with E-state index in [2.05, 4.69) is 10.4 Å². The zero-order valence-corrected chi connectivity index (χ0v) is 12.9. The molecule has 0 aliphatic rings. The largest absolute Gasteiger partial charge is 0.381 e. The number of halogens is 1. The van der Waals surface area contributed by atoms with Gasteiger partial charge in [0.15, 0.2) is 9.84 Å². The molecule has 2 rings (SSSR count). The SMILES string of the molecule is CCn1cc(CNc2ccc(Cl)c(S(C)(=O)=O)c2)cn1. The van der Waals surface area contributed by atoms with Crippen molar-refractivity contribution in [2.45, 2.75) is 24.9 Å². The molecule has 0 spiro atoms. The lowest BCUT2D eigenvalue weighted by Crippen LogP contribution is -2.02. The van der Waals surface area contributed by atoms with Gasteiger partial charge in [-0.1, -0.05) is 11.6 Å². The number of hydrogen-bond acceptors (Lipinski definition) is 4. The van der Waals surface area contributed by atoms with E-state index in [0.717, 1.165) is 18.4 Å². The van der Waals surface area contributed by atoms with Gasteiger partial charge in [0.25, 0.3) is 0 Å². The number of nitrogens with one attached hydrogen (secondary N) is 1. The van der Waals surface area contributed by atoms with Crippen LogP contribution in [0, 0.1) is 0 Å². The van der Waals surface area contributed by atoms with E-state index in [9.17, 15) is 8.42 Å². The van der Waals surface area contributed by atoms with Crippen molar-refractivity contribution in [3.8, 4) is 0 Å². The lowest BCUT2D eigenvalue weighted by molar-refractivity contribution is 0.602. The highest BCUT2D eigenvalue weighted by atomic mass is 35.5. The number of anilines is 1. The normalized spacial score (nSPS) is 11.6. The highest BCUT2D eigenvalue weighted by Gasteiger charge is 2.12. The Kier molecular flexibility index (Phi) is 4.35. The molecule has 0 bridgehead atoms. The van der Waals surface area contributed by atoms with Crippen molar-refractivity contribution in [1.29, 1.82) is 0 Å². The Labute approximate surface area is 123 Å². The van der Waals surface area contributed by atoms with Gasteiger partial charge in [0.2, 0.25) is 0 Å². The third kappa shape index (κ3) is 3.52. The van der Waals surface area contributed by atoms with E-state index < -0.39 is 9.84 Å². The third-order valence-corrected chi connectivity index (χ3v) is 4.42. The van der Waals surface area contributed by atoms with E-state index in [1.165, 1.54) is 0 Å². The summed E-state index contributed by atoms with van der Waals surface area (Å²) in [4.78, 5) is 0.133. The predicted octanol–water partition coefficient (Wildman–Crippen LogP) is 2.57. The first kappa shape index (κ1) is 14.9. The standard InChI is InChI=1S/C13H16ClN3O2S/c1-3-17-9-10(8-16-17)7-15-11-4-5-12(14)13(6-11)20(2,18)19/h4-6,8-9,15H,3,7H2,1-2H3. The molecule has 7 heteroatoms. The molecule has 0 saturated carbocycles. The first-order chi connectivity index (χ1) is 9.40. The Balaban J connectivity index is 2.14. The molecular weight excluding hydrogens is 298 g/mol. The number of aryl methyl sites for hydroxylation is 1. The van der Waals surface area contributed by atoms with E-state index in [0.29, 0.717) is 12.2 Å². The lowest BCUT2D eigenvalue weighted by atomic mass is 10.3. The summed E-state index contributed by atoms with van der Waals surface area (Å²) < 4.78 is 25.0. The molecular formula is C13H16ClN3O2S. The molecule has 1 N–H and O–H groups in total. The summed E-state index contributed by atoms with van der Waals surface area (Å²) in [7, 11) is -3.33. The first-order valence-electron chi connectivity index (χ1n) is 6.15. The summed E-state index contributed by atoms with van der Waals surface area (Å²) in [5, 5.41) is 7.57. The molecule has 0 atom stereocenters. The van der Waals surface area contributed by atoms with Crippen LogP contribution in [0.2, 0.25) is 5.02 Å². The Bertz CT molecular complexity index is 710. The minimum Gasteiger partial charge on any atom is -0.381 e. The highest BCUT2D eigenvalue weighted by molar-refractivity contribution is 7.90. The summed E-state index contributed by atoms with van der Waals surface area (Å²) in [5.41, 5.74) is 1.74. The van der Waals surface area contributed by atoms with Gasteiger partial charge in [0, 0.05) is 36.8 Å². The van der Waals surface area contributed by atoms with Crippen molar-refractivity contribution in [3.05, 3.63) is 41.2 Å². The van der Waals surface area contributed by atoms with Crippen molar-refractivity contribution in [2.75, 3.05) is 11.6 Å². The highest BCUT2D eigenvalue weighted by Crippen LogP contribution is 2.25. The second kappa shape index (κ2) is 5.85. The van der Waals surface area contributed by atoms with Crippen LogP contribution in [0.1, 0.15) is 12.5 Å². The quantitative estimate of drug-likeness (QED) is 0.921. The Hall–Kier alpha value is -1.53. The zero-order chi connectivity index (χ0) is 14.8. The molecule has 0 aliphatic carbocycles. The second-order valence-corrected chi connectivity index (χ2v) is 6.87. The first-order valence-corrected chi connectivity index (χ1v) is 8.42. The Morgan fingerprint density at radius 3 is 2.75 bits per heavy atom. The molecule has 0 radical (unpaired) electrons. The fourth-order valence-electron chi connectivity index (χ4n) is 1.77. The lowest BCUT2D eigenvalue weighted by Gasteiger charge is -2.08. The van der Waals surface area contributed by atoms with Crippen LogP contribution < -0.4 is 5.32 Å². The van der Waals surface area contributed by atoms with Crippen molar-refractivity contribution in [2.24, 2.45) is 0 Å². The van der Waals surface area contributed by atoms with Crippen molar-refractivity contribution >= 4 is 27.1 Å². The number of rotatable bonds is 5. The summed E-state index contributed by atoms with van der Waals surface area (Å²) in [6.45, 7) is 3.41. The molecule has 0 amide bonds. The van der Waals surface area contributed by atoms with Gasteiger partial charge in [0.05, 0.1) is 16.1 Å². The Morgan fingerprint density at radius 1 is 1.40 bits per heavy atom. The van der Waals surface area contributed by atoms with E-state index in [1.807, 2.05) is 17.8 Å². The molecule has 0 aliphatic heterocycles. The van der Waals surface area contributed by atoms with Gasteiger partial charge in [-0.2, -0.15) is 5.10 Å². The van der Waals surface area contributed by atoms with E-state index in [-0.39, 0.29) is 9.92 Å². The second-order valence-electron chi connectivity index (χ2n) is 4.48. The summed E-state index contributed by atoms with van der Waals surface area (Å²) in [6.07, 6.45) is 4.87. The molecule has 1 heterocycles. The van der Waals surface area contributed by atoms with Gasteiger partial charge in [0.1, 0.15) is 0 Å². The van der Waals surface area contributed by atoms with Crippen LogP contribution in [0.3, 0.4) is 0 Å². The number of benzene rings is 1. The van der Waals surface area contributed by atoms with Crippen molar-refractivity contribution < 1.29 is 8.42 Å². The van der Waals surface area contributed by atoms with Crippen molar-refractivity contribution in [3.63, 3.8) is 0 Å². The number of hydrogen-bond donors (Lipinski definition) is 1. The monoisotopic (exact) mass is 313 g/mol. The summed E-state index contributed by atoms with van der Waals surface area (Å²) in [6, 6.07) is 4.87. The molecule has 1 aromatic heterocycles. The molecule has 0 fully saturated rings. The van der Waals surface area contributed by atoms with Crippen LogP contribution in [0.15, 0.2) is 35.5 Å². The minimum absolute atomic E-state index is 0.133. The van der Waals surface area contributed by atoms with Gasteiger partial charge in [-0.15, -0.1) is 0 Å². The molecule has 2 aromatic rings. The Morgan fingerprint density at radius 2 is 2.15 bits per heavy atom. The van der Waals surface area contributed by atoms with Gasteiger partial charge < -0.3 is 5.32 Å². The molecule has 1 aromatic carbocycles. The molecule has 0 saturated heterocycles. The topological polar surface area (TPSA) is 64.0 Å². The van der Waals surface area contributed by atoms with Gasteiger partial charge >= 0.3 is 0 Å². The maximum Gasteiger partial charge on any atom is 0.177 e. The molecule has 108 valence electrons. The average molecular weight is 314 g/mol. The predicted molar refractivity (Wildman–Crippen MR) is 79.8 cm³/mol. The molecule has 5 nitrogen and oxygen atoms in total. The van der Waals surface area contributed by atoms with E-state index in [4.69, 9.17) is 11.6 Å². The van der Waals surface area contributed by atoms with Crippen LogP contribution >= 0.6 is 11.6 Å². The van der Waals surface area contributed by atoms with Crippen LogP contribution in [0.25, 0.3) is 0 Å². The van der Waals surface area contributed by atoms with E-state index >= 15 is 0 Å². The smallest absolute Gasteiger partial charge is 0.177 e. The molecule has 0 unspecified atom stereocenters. The number of aromatic nitrogens is 2. The van der Waals surface area contributed by atoms with Gasteiger partial charge in [-0.3, -0.25) is 4.68 Å². The zero-order valence-electron chi connectivity index (χ0n) is 11.3. The third-order valence-electron chi connectivity index (χ3n) is 2.84. The summed E-state index contributed by atoms with van der Waals surface area (Å²) in [5.74, 6) is 0. The van der Waals surface area contributed by atoms with E-state index in [1.54, 1.807) is 24.4 Å². The minimum atomic E-state index is -3.33. The average Bonchev–Trinajstić information content (AvgIpc) is 2.84. The van der Waals surface area contributed by atoms with Crippen molar-refractivity contribution in [1.82, 2.24) is 9.78 Å².